The van der Waals surface area contributed by atoms with E-state index in [2.05, 4.69) is 21.7 Å². The molecule has 1 aliphatic rings. The van der Waals surface area contributed by atoms with Gasteiger partial charge in [-0.25, -0.2) is 4.99 Å². The Labute approximate surface area is 160 Å². The number of hydrogen-bond acceptors (Lipinski definition) is 3. The molecule has 1 heterocycles. The van der Waals surface area contributed by atoms with E-state index in [1.165, 1.54) is 5.56 Å². The van der Waals surface area contributed by atoms with Crippen LogP contribution in [0.3, 0.4) is 0 Å². The first-order valence-electron chi connectivity index (χ1n) is 9.25. The van der Waals surface area contributed by atoms with Crippen molar-refractivity contribution in [2.45, 2.75) is 19.9 Å². The molecule has 27 heavy (non-hydrogen) atoms. The van der Waals surface area contributed by atoms with Gasteiger partial charge in [0.25, 0.3) is 0 Å². The average molecular weight is 366 g/mol. The van der Waals surface area contributed by atoms with Crippen LogP contribution in [0.5, 0.6) is 5.75 Å². The van der Waals surface area contributed by atoms with Gasteiger partial charge < -0.3 is 20.3 Å². The van der Waals surface area contributed by atoms with E-state index in [4.69, 9.17) is 4.74 Å². The molecule has 2 aromatic rings. The number of nitrogens with zero attached hydrogens (tertiary/aromatic N) is 2. The van der Waals surface area contributed by atoms with Crippen LogP contribution in [0.2, 0.25) is 0 Å². The predicted octanol–water partition coefficient (Wildman–Crippen LogP) is 2.34. The van der Waals surface area contributed by atoms with Gasteiger partial charge >= 0.3 is 0 Å². The summed E-state index contributed by atoms with van der Waals surface area (Å²) in [5.74, 6) is 1.47. The van der Waals surface area contributed by atoms with Crippen molar-refractivity contribution in [3.8, 4) is 5.75 Å². The molecule has 0 atom stereocenters. The van der Waals surface area contributed by atoms with E-state index < -0.39 is 0 Å². The molecule has 1 amide bonds. The maximum absolute atomic E-state index is 12.7. The number of rotatable bonds is 6. The molecular formula is C21H26N4O2. The van der Waals surface area contributed by atoms with Gasteiger partial charge in [0, 0.05) is 24.3 Å². The molecule has 0 unspecified atom stereocenters. The quantitative estimate of drug-likeness (QED) is 0.608. The SMILES string of the molecule is CCNC(=NCc1ccccc1OC)NCC(=O)N1CCc2ccccc21. The number of guanidine groups is 1. The van der Waals surface area contributed by atoms with Crippen LogP contribution in [0.1, 0.15) is 18.1 Å². The van der Waals surface area contributed by atoms with Gasteiger partial charge in [-0.05, 0) is 31.0 Å². The molecule has 2 N–H and O–H groups in total. The number of anilines is 1. The van der Waals surface area contributed by atoms with E-state index in [0.29, 0.717) is 12.5 Å². The van der Waals surface area contributed by atoms with Gasteiger partial charge in [-0.1, -0.05) is 36.4 Å². The molecule has 142 valence electrons. The Kier molecular flexibility index (Phi) is 6.30. The smallest absolute Gasteiger partial charge is 0.246 e. The maximum atomic E-state index is 12.7. The summed E-state index contributed by atoms with van der Waals surface area (Å²) in [4.78, 5) is 19.1. The molecule has 1 aliphatic heterocycles. The lowest BCUT2D eigenvalue weighted by Crippen LogP contribution is -2.44. The van der Waals surface area contributed by atoms with Crippen LogP contribution in [0.25, 0.3) is 0 Å². The van der Waals surface area contributed by atoms with Gasteiger partial charge in [0.2, 0.25) is 5.91 Å². The summed E-state index contributed by atoms with van der Waals surface area (Å²) < 4.78 is 5.37. The van der Waals surface area contributed by atoms with Gasteiger partial charge in [0.05, 0.1) is 20.2 Å². The summed E-state index contributed by atoms with van der Waals surface area (Å²) in [7, 11) is 1.65. The number of benzene rings is 2. The third kappa shape index (κ3) is 4.58. The normalized spacial score (nSPS) is 13.3. The number of fused-ring (bicyclic) bond motifs is 1. The fourth-order valence-electron chi connectivity index (χ4n) is 3.19. The highest BCUT2D eigenvalue weighted by atomic mass is 16.5. The topological polar surface area (TPSA) is 66.0 Å². The molecule has 0 aliphatic carbocycles. The van der Waals surface area contributed by atoms with E-state index in [9.17, 15) is 4.79 Å². The molecule has 0 bridgehead atoms. The number of methoxy groups -OCH3 is 1. The highest BCUT2D eigenvalue weighted by molar-refractivity contribution is 5.98. The van der Waals surface area contributed by atoms with Gasteiger partial charge in [-0.15, -0.1) is 0 Å². The second-order valence-corrected chi connectivity index (χ2v) is 6.28. The third-order valence-electron chi connectivity index (χ3n) is 4.54. The lowest BCUT2D eigenvalue weighted by Gasteiger charge is -2.19. The molecule has 6 nitrogen and oxygen atoms in total. The van der Waals surface area contributed by atoms with Crippen molar-refractivity contribution < 1.29 is 9.53 Å². The molecule has 0 radical (unpaired) electrons. The minimum Gasteiger partial charge on any atom is -0.496 e. The molecule has 2 aromatic carbocycles. The Morgan fingerprint density at radius 3 is 2.74 bits per heavy atom. The first-order valence-corrected chi connectivity index (χ1v) is 9.25. The van der Waals surface area contributed by atoms with Gasteiger partial charge in [0.15, 0.2) is 5.96 Å². The summed E-state index contributed by atoms with van der Waals surface area (Å²) in [6, 6.07) is 15.9. The lowest BCUT2D eigenvalue weighted by atomic mass is 10.2. The zero-order chi connectivity index (χ0) is 19.1. The zero-order valence-electron chi connectivity index (χ0n) is 15.9. The van der Waals surface area contributed by atoms with Crippen molar-refractivity contribution in [3.05, 3.63) is 59.7 Å². The van der Waals surface area contributed by atoms with Crippen molar-refractivity contribution in [2.75, 3.05) is 31.6 Å². The van der Waals surface area contributed by atoms with Gasteiger partial charge in [0.1, 0.15) is 5.75 Å². The monoisotopic (exact) mass is 366 g/mol. The van der Waals surface area contributed by atoms with Crippen LogP contribution in [0.4, 0.5) is 5.69 Å². The minimum atomic E-state index is 0.0443. The Bertz CT molecular complexity index is 819. The third-order valence-corrected chi connectivity index (χ3v) is 4.54. The summed E-state index contributed by atoms with van der Waals surface area (Å²) in [6.07, 6.45) is 0.907. The number of para-hydroxylation sites is 2. The highest BCUT2D eigenvalue weighted by Gasteiger charge is 2.23. The summed E-state index contributed by atoms with van der Waals surface area (Å²) in [5, 5.41) is 6.33. The van der Waals surface area contributed by atoms with E-state index in [0.717, 1.165) is 36.5 Å². The zero-order valence-corrected chi connectivity index (χ0v) is 15.9. The number of ether oxygens (including phenoxy) is 1. The van der Waals surface area contributed by atoms with Crippen LogP contribution in [-0.4, -0.2) is 38.6 Å². The summed E-state index contributed by atoms with van der Waals surface area (Å²) in [6.45, 7) is 4.12. The standard InChI is InChI=1S/C21H26N4O2/c1-3-22-21(23-14-17-9-5-7-11-19(17)27-2)24-15-20(26)25-13-12-16-8-4-6-10-18(16)25/h4-11H,3,12-15H2,1-2H3,(H2,22,23,24). The molecular weight excluding hydrogens is 340 g/mol. The van der Waals surface area contributed by atoms with Crippen molar-refractivity contribution in [2.24, 2.45) is 4.99 Å². The average Bonchev–Trinajstić information content (AvgIpc) is 3.14. The molecule has 0 saturated carbocycles. The second-order valence-electron chi connectivity index (χ2n) is 6.28. The van der Waals surface area contributed by atoms with Crippen LogP contribution >= 0.6 is 0 Å². The largest absolute Gasteiger partial charge is 0.496 e. The second kappa shape index (κ2) is 9.07. The van der Waals surface area contributed by atoms with E-state index in [1.807, 2.05) is 54.3 Å². The summed E-state index contributed by atoms with van der Waals surface area (Å²) >= 11 is 0. The predicted molar refractivity (Wildman–Crippen MR) is 108 cm³/mol. The Morgan fingerprint density at radius 1 is 1.15 bits per heavy atom. The van der Waals surface area contributed by atoms with Crippen LogP contribution in [-0.2, 0) is 17.8 Å². The Hall–Kier alpha value is -3.02. The number of hydrogen-bond donors (Lipinski definition) is 2. The molecule has 0 fully saturated rings. The lowest BCUT2D eigenvalue weighted by molar-refractivity contribution is -0.117. The molecule has 0 saturated heterocycles. The number of amides is 1. The van der Waals surface area contributed by atoms with Gasteiger partial charge in [-0.2, -0.15) is 0 Å². The Morgan fingerprint density at radius 2 is 1.93 bits per heavy atom. The minimum absolute atomic E-state index is 0.0443. The molecule has 6 heteroatoms. The Balaban J connectivity index is 1.62. The number of nitrogens with one attached hydrogen (secondary N) is 2. The number of carbonyl (C=O) groups is 1. The van der Waals surface area contributed by atoms with E-state index in [1.54, 1.807) is 7.11 Å². The first kappa shape index (κ1) is 18.8. The van der Waals surface area contributed by atoms with Crippen LogP contribution in [0, 0.1) is 0 Å². The molecule has 0 spiro atoms. The van der Waals surface area contributed by atoms with Crippen LogP contribution in [0.15, 0.2) is 53.5 Å². The van der Waals surface area contributed by atoms with Crippen molar-refractivity contribution in [3.63, 3.8) is 0 Å². The van der Waals surface area contributed by atoms with Crippen molar-refractivity contribution in [1.29, 1.82) is 0 Å². The highest BCUT2D eigenvalue weighted by Crippen LogP contribution is 2.27. The number of aliphatic imine (C=N–C) groups is 1. The number of carbonyl (C=O) groups excluding carboxylic acids is 1. The molecule has 0 aromatic heterocycles. The van der Waals surface area contributed by atoms with Gasteiger partial charge in [-0.3, -0.25) is 4.79 Å². The maximum Gasteiger partial charge on any atom is 0.246 e. The fourth-order valence-corrected chi connectivity index (χ4v) is 3.19. The van der Waals surface area contributed by atoms with Crippen molar-refractivity contribution >= 4 is 17.6 Å². The van der Waals surface area contributed by atoms with Crippen molar-refractivity contribution in [1.82, 2.24) is 10.6 Å². The summed E-state index contributed by atoms with van der Waals surface area (Å²) in [5.41, 5.74) is 3.24. The van der Waals surface area contributed by atoms with E-state index >= 15 is 0 Å². The molecule has 3 rings (SSSR count). The fraction of sp³-hybridized carbons (Fsp3) is 0.333. The first-order chi connectivity index (χ1) is 13.2. The van der Waals surface area contributed by atoms with E-state index in [-0.39, 0.29) is 12.5 Å². The van der Waals surface area contributed by atoms with Crippen LogP contribution < -0.4 is 20.3 Å².